The monoisotopic (exact) mass is 385 g/mol. The first-order valence-corrected chi connectivity index (χ1v) is 9.62. The first-order valence-electron chi connectivity index (χ1n) is 9.62. The van der Waals surface area contributed by atoms with Gasteiger partial charge in [0.05, 0.1) is 22.8 Å². The molecule has 5 heteroatoms. The summed E-state index contributed by atoms with van der Waals surface area (Å²) in [5, 5.41) is 4.10. The molecule has 1 atom stereocenters. The molecule has 1 N–H and O–H groups in total. The molecule has 146 valence electrons. The number of nitrogens with zero attached hydrogens (tertiary/aromatic N) is 2. The number of pyridine rings is 2. The second-order valence-corrected chi connectivity index (χ2v) is 7.36. The molecule has 0 bridgehead atoms. The van der Waals surface area contributed by atoms with Gasteiger partial charge in [0.1, 0.15) is 11.3 Å². The smallest absolute Gasteiger partial charge is 0.196 e. The Balaban J connectivity index is 1.91. The highest BCUT2D eigenvalue weighted by atomic mass is 16.3. The number of nitrogens with one attached hydrogen (secondary N) is 1. The predicted molar refractivity (Wildman–Crippen MR) is 116 cm³/mol. The number of rotatable bonds is 4. The lowest BCUT2D eigenvalue weighted by atomic mass is 9.99. The van der Waals surface area contributed by atoms with Crippen LogP contribution >= 0.6 is 0 Å². The molecular weight excluding hydrogens is 362 g/mol. The van der Waals surface area contributed by atoms with Crippen LogP contribution in [0.3, 0.4) is 0 Å². The number of anilines is 1. The Kier molecular flexibility index (Phi) is 4.89. The van der Waals surface area contributed by atoms with Gasteiger partial charge in [0.2, 0.25) is 0 Å². The van der Waals surface area contributed by atoms with E-state index in [0.29, 0.717) is 22.3 Å². The highest BCUT2D eigenvalue weighted by Crippen LogP contribution is 2.32. The summed E-state index contributed by atoms with van der Waals surface area (Å²) in [5.41, 5.74) is 5.80. The third-order valence-corrected chi connectivity index (χ3v) is 5.16. The molecular formula is C24H23N3O2. The molecule has 0 spiro atoms. The lowest BCUT2D eigenvalue weighted by Gasteiger charge is -2.19. The van der Waals surface area contributed by atoms with E-state index in [1.54, 1.807) is 25.5 Å². The lowest BCUT2D eigenvalue weighted by molar-refractivity contribution is 0.605. The van der Waals surface area contributed by atoms with Crippen LogP contribution in [0.15, 0.2) is 64.2 Å². The summed E-state index contributed by atoms with van der Waals surface area (Å²) < 4.78 is 6.34. The first-order chi connectivity index (χ1) is 14.0. The van der Waals surface area contributed by atoms with E-state index in [0.717, 1.165) is 28.1 Å². The first kappa shape index (κ1) is 18.9. The van der Waals surface area contributed by atoms with Gasteiger partial charge >= 0.3 is 0 Å². The van der Waals surface area contributed by atoms with E-state index in [1.165, 1.54) is 0 Å². The Morgan fingerprint density at radius 2 is 1.86 bits per heavy atom. The van der Waals surface area contributed by atoms with E-state index in [9.17, 15) is 4.79 Å². The van der Waals surface area contributed by atoms with E-state index in [4.69, 9.17) is 4.42 Å². The molecule has 1 unspecified atom stereocenters. The Labute approximate surface area is 169 Å². The summed E-state index contributed by atoms with van der Waals surface area (Å²) in [6.07, 6.45) is 5.19. The Bertz CT molecular complexity index is 1250. The summed E-state index contributed by atoms with van der Waals surface area (Å²) in [6.45, 7) is 7.82. The molecule has 5 nitrogen and oxygen atoms in total. The van der Waals surface area contributed by atoms with Crippen LogP contribution in [0.5, 0.6) is 0 Å². The van der Waals surface area contributed by atoms with Gasteiger partial charge in [-0.2, -0.15) is 0 Å². The van der Waals surface area contributed by atoms with Gasteiger partial charge in [-0.3, -0.25) is 14.8 Å². The van der Waals surface area contributed by atoms with Crippen molar-refractivity contribution < 1.29 is 4.42 Å². The fourth-order valence-corrected chi connectivity index (χ4v) is 3.61. The Morgan fingerprint density at radius 3 is 2.59 bits per heavy atom. The summed E-state index contributed by atoms with van der Waals surface area (Å²) >= 11 is 0. The van der Waals surface area contributed by atoms with Crippen molar-refractivity contribution in [3.8, 4) is 11.3 Å². The van der Waals surface area contributed by atoms with E-state index in [2.05, 4.69) is 28.3 Å². The maximum atomic E-state index is 13.2. The SMILES string of the molecule is Cc1cc(C(C)Nc2cccnc2C)c2oc(-c3cccnc3)c(C)c(=O)c2c1. The minimum Gasteiger partial charge on any atom is -0.455 e. The zero-order valence-electron chi connectivity index (χ0n) is 17.0. The molecule has 0 fully saturated rings. The molecule has 4 rings (SSSR count). The predicted octanol–water partition coefficient (Wildman–Crippen LogP) is 5.35. The number of aromatic nitrogens is 2. The van der Waals surface area contributed by atoms with Crippen molar-refractivity contribution in [2.75, 3.05) is 5.32 Å². The van der Waals surface area contributed by atoms with Crippen LogP contribution in [0.2, 0.25) is 0 Å². The molecule has 29 heavy (non-hydrogen) atoms. The fraction of sp³-hybridized carbons (Fsp3) is 0.208. The number of fused-ring (bicyclic) bond motifs is 1. The number of aryl methyl sites for hydroxylation is 2. The second-order valence-electron chi connectivity index (χ2n) is 7.36. The van der Waals surface area contributed by atoms with Crippen LogP contribution in [0.4, 0.5) is 5.69 Å². The Hall–Kier alpha value is -3.47. The Morgan fingerprint density at radius 1 is 1.07 bits per heavy atom. The van der Waals surface area contributed by atoms with Crippen LogP contribution in [-0.4, -0.2) is 9.97 Å². The maximum absolute atomic E-state index is 13.2. The van der Waals surface area contributed by atoms with E-state index in [1.807, 2.05) is 44.2 Å². The largest absolute Gasteiger partial charge is 0.455 e. The number of hydrogen-bond acceptors (Lipinski definition) is 5. The third-order valence-electron chi connectivity index (χ3n) is 5.16. The van der Waals surface area contributed by atoms with Gasteiger partial charge in [0.15, 0.2) is 5.43 Å². The average Bonchev–Trinajstić information content (AvgIpc) is 2.72. The van der Waals surface area contributed by atoms with Gasteiger partial charge in [0.25, 0.3) is 0 Å². The van der Waals surface area contributed by atoms with Crippen molar-refractivity contribution in [1.82, 2.24) is 9.97 Å². The lowest BCUT2D eigenvalue weighted by Crippen LogP contribution is -2.13. The molecule has 0 aliphatic heterocycles. The topological polar surface area (TPSA) is 68.0 Å². The fourth-order valence-electron chi connectivity index (χ4n) is 3.61. The quantitative estimate of drug-likeness (QED) is 0.513. The molecule has 0 aliphatic rings. The number of benzene rings is 1. The minimum absolute atomic E-state index is 0.0141. The molecule has 0 saturated heterocycles. The second kappa shape index (κ2) is 7.51. The van der Waals surface area contributed by atoms with Crippen LogP contribution in [-0.2, 0) is 0 Å². The highest BCUT2D eigenvalue weighted by molar-refractivity contribution is 5.84. The summed E-state index contributed by atoms with van der Waals surface area (Å²) in [4.78, 5) is 21.7. The normalized spacial score (nSPS) is 12.1. The molecule has 0 aliphatic carbocycles. The van der Waals surface area contributed by atoms with Crippen molar-refractivity contribution in [3.63, 3.8) is 0 Å². The molecule has 4 aromatic rings. The van der Waals surface area contributed by atoms with E-state index < -0.39 is 0 Å². The molecule has 0 saturated carbocycles. The van der Waals surface area contributed by atoms with Gasteiger partial charge in [-0.1, -0.05) is 6.07 Å². The van der Waals surface area contributed by atoms with E-state index in [-0.39, 0.29) is 11.5 Å². The standard InChI is InChI=1S/C24H23N3O2/c1-14-11-19(16(3)27-21-8-6-10-26-17(21)4)24-20(12-14)22(28)15(2)23(29-24)18-7-5-9-25-13-18/h5-13,16,27H,1-4H3. The van der Waals surface area contributed by atoms with Gasteiger partial charge in [-0.15, -0.1) is 0 Å². The number of hydrogen-bond donors (Lipinski definition) is 1. The average molecular weight is 385 g/mol. The summed E-state index contributed by atoms with van der Waals surface area (Å²) in [7, 11) is 0. The van der Waals surface area contributed by atoms with Crippen molar-refractivity contribution in [2.45, 2.75) is 33.7 Å². The van der Waals surface area contributed by atoms with Crippen LogP contribution < -0.4 is 10.7 Å². The van der Waals surface area contributed by atoms with Crippen LogP contribution in [0.25, 0.3) is 22.3 Å². The maximum Gasteiger partial charge on any atom is 0.196 e. The molecule has 3 heterocycles. The van der Waals surface area contributed by atoms with Gasteiger partial charge in [0, 0.05) is 35.3 Å². The molecule has 3 aromatic heterocycles. The van der Waals surface area contributed by atoms with Crippen molar-refractivity contribution in [3.05, 3.63) is 87.6 Å². The van der Waals surface area contributed by atoms with Crippen LogP contribution in [0, 0.1) is 20.8 Å². The van der Waals surface area contributed by atoms with Crippen molar-refractivity contribution >= 4 is 16.7 Å². The third kappa shape index (κ3) is 3.51. The van der Waals surface area contributed by atoms with Gasteiger partial charge in [-0.25, -0.2) is 0 Å². The van der Waals surface area contributed by atoms with Gasteiger partial charge < -0.3 is 9.73 Å². The highest BCUT2D eigenvalue weighted by Gasteiger charge is 2.19. The van der Waals surface area contributed by atoms with Gasteiger partial charge in [-0.05, 0) is 63.6 Å². The molecule has 0 radical (unpaired) electrons. The summed E-state index contributed by atoms with van der Waals surface area (Å²) in [5.74, 6) is 0.561. The van der Waals surface area contributed by atoms with E-state index >= 15 is 0 Å². The minimum atomic E-state index is -0.0760. The summed E-state index contributed by atoms with van der Waals surface area (Å²) in [6, 6.07) is 11.5. The molecule has 1 aromatic carbocycles. The van der Waals surface area contributed by atoms with Crippen molar-refractivity contribution in [2.24, 2.45) is 0 Å². The zero-order chi connectivity index (χ0) is 20.5. The van der Waals surface area contributed by atoms with Crippen LogP contribution in [0.1, 0.15) is 35.3 Å². The van der Waals surface area contributed by atoms with Crippen molar-refractivity contribution in [1.29, 1.82) is 0 Å². The molecule has 0 amide bonds. The zero-order valence-corrected chi connectivity index (χ0v) is 17.0.